The van der Waals surface area contributed by atoms with Crippen LogP contribution in [0.1, 0.15) is 23.2 Å². The maximum atomic E-state index is 13.1. The smallest absolute Gasteiger partial charge is 0.254 e. The van der Waals surface area contributed by atoms with E-state index in [2.05, 4.69) is 28.3 Å². The van der Waals surface area contributed by atoms with E-state index < -0.39 is 0 Å². The molecule has 3 aromatic heterocycles. The maximum absolute atomic E-state index is 13.1. The molecule has 5 heterocycles. The van der Waals surface area contributed by atoms with Gasteiger partial charge in [0.05, 0.1) is 24.4 Å². The SMILES string of the molecule is CSc1cn(-c2ncc(-c3cc(N4CCCC4)ccn3)cn2)c2cc(C(=O)N3CCOCC3)ccc12. The number of aromatic nitrogens is 4. The molecular weight excluding hydrogens is 472 g/mol. The first-order chi connectivity index (χ1) is 17.7. The molecule has 1 amide bonds. The highest BCUT2D eigenvalue weighted by Gasteiger charge is 2.21. The van der Waals surface area contributed by atoms with Crippen LogP contribution in [0.3, 0.4) is 0 Å². The number of carbonyl (C=O) groups is 1. The summed E-state index contributed by atoms with van der Waals surface area (Å²) < 4.78 is 7.37. The third-order valence-corrected chi connectivity index (χ3v) is 7.66. The van der Waals surface area contributed by atoms with Crippen molar-refractivity contribution in [1.82, 2.24) is 24.4 Å². The first-order valence-electron chi connectivity index (χ1n) is 12.3. The second kappa shape index (κ2) is 9.91. The largest absolute Gasteiger partial charge is 0.378 e. The second-order valence-electron chi connectivity index (χ2n) is 9.07. The van der Waals surface area contributed by atoms with Gasteiger partial charge in [0.25, 0.3) is 5.91 Å². The molecule has 184 valence electrons. The number of nitrogens with zero attached hydrogens (tertiary/aromatic N) is 6. The van der Waals surface area contributed by atoms with E-state index in [0.29, 0.717) is 37.8 Å². The normalized spacial score (nSPS) is 16.1. The van der Waals surface area contributed by atoms with Gasteiger partial charge in [0.1, 0.15) is 0 Å². The number of thioether (sulfide) groups is 1. The van der Waals surface area contributed by atoms with Crippen molar-refractivity contribution in [3.8, 4) is 17.2 Å². The summed E-state index contributed by atoms with van der Waals surface area (Å²) in [7, 11) is 0. The predicted molar refractivity (Wildman–Crippen MR) is 142 cm³/mol. The quantitative estimate of drug-likeness (QED) is 0.379. The lowest BCUT2D eigenvalue weighted by atomic mass is 10.1. The van der Waals surface area contributed by atoms with Crippen LogP contribution in [0.25, 0.3) is 28.1 Å². The number of fused-ring (bicyclic) bond motifs is 1. The molecule has 0 spiro atoms. The van der Waals surface area contributed by atoms with Gasteiger partial charge < -0.3 is 14.5 Å². The van der Waals surface area contributed by atoms with Crippen molar-refractivity contribution < 1.29 is 9.53 Å². The van der Waals surface area contributed by atoms with Crippen LogP contribution in [0.2, 0.25) is 0 Å². The number of hydrogen-bond donors (Lipinski definition) is 0. The molecule has 2 saturated heterocycles. The molecule has 0 saturated carbocycles. The van der Waals surface area contributed by atoms with Gasteiger partial charge >= 0.3 is 0 Å². The molecule has 0 atom stereocenters. The Labute approximate surface area is 214 Å². The molecule has 36 heavy (non-hydrogen) atoms. The Balaban J connectivity index is 1.33. The summed E-state index contributed by atoms with van der Waals surface area (Å²) in [6.45, 7) is 4.58. The van der Waals surface area contributed by atoms with Crippen LogP contribution in [-0.2, 0) is 4.74 Å². The minimum absolute atomic E-state index is 0.0267. The molecule has 0 aliphatic carbocycles. The number of morpholine rings is 1. The summed E-state index contributed by atoms with van der Waals surface area (Å²) in [6, 6.07) is 10.1. The van der Waals surface area contributed by atoms with Gasteiger partial charge in [-0.3, -0.25) is 14.3 Å². The maximum Gasteiger partial charge on any atom is 0.254 e. The highest BCUT2D eigenvalue weighted by Crippen LogP contribution is 2.31. The molecule has 2 fully saturated rings. The summed E-state index contributed by atoms with van der Waals surface area (Å²) in [4.78, 5) is 32.4. The third-order valence-electron chi connectivity index (χ3n) is 6.90. The predicted octanol–water partition coefficient (Wildman–Crippen LogP) is 4.28. The molecule has 2 aliphatic rings. The van der Waals surface area contributed by atoms with Crippen molar-refractivity contribution in [1.29, 1.82) is 0 Å². The fraction of sp³-hybridized carbons (Fsp3) is 0.333. The Kier molecular flexibility index (Phi) is 6.33. The van der Waals surface area contributed by atoms with E-state index in [9.17, 15) is 4.79 Å². The van der Waals surface area contributed by atoms with Crippen molar-refractivity contribution >= 4 is 34.3 Å². The van der Waals surface area contributed by atoms with Gasteiger partial charge in [-0.05, 0) is 43.4 Å². The first kappa shape index (κ1) is 23.0. The van der Waals surface area contributed by atoms with Gasteiger partial charge in [-0.25, -0.2) is 9.97 Å². The third kappa shape index (κ3) is 4.33. The van der Waals surface area contributed by atoms with E-state index in [1.54, 1.807) is 11.8 Å². The zero-order valence-corrected chi connectivity index (χ0v) is 21.1. The number of pyridine rings is 1. The number of anilines is 1. The van der Waals surface area contributed by atoms with Gasteiger partial charge in [0, 0.05) is 78.1 Å². The van der Waals surface area contributed by atoms with Gasteiger partial charge in [-0.15, -0.1) is 11.8 Å². The van der Waals surface area contributed by atoms with Crippen molar-refractivity contribution in [2.24, 2.45) is 0 Å². The van der Waals surface area contributed by atoms with Crippen LogP contribution in [0.4, 0.5) is 5.69 Å². The zero-order valence-electron chi connectivity index (χ0n) is 20.3. The van der Waals surface area contributed by atoms with Crippen LogP contribution in [-0.4, -0.2) is 76.0 Å². The summed E-state index contributed by atoms with van der Waals surface area (Å²) in [6.07, 6.45) is 12.1. The monoisotopic (exact) mass is 500 g/mol. The van der Waals surface area contributed by atoms with Gasteiger partial charge in [-0.1, -0.05) is 6.07 Å². The Hall–Kier alpha value is -3.43. The summed E-state index contributed by atoms with van der Waals surface area (Å²) in [5, 5.41) is 1.08. The van der Waals surface area contributed by atoms with Gasteiger partial charge in [0.2, 0.25) is 5.95 Å². The molecular formula is C27H28N6O2S. The average Bonchev–Trinajstić information content (AvgIpc) is 3.62. The fourth-order valence-corrected chi connectivity index (χ4v) is 5.54. The molecule has 2 aliphatic heterocycles. The summed E-state index contributed by atoms with van der Waals surface area (Å²) >= 11 is 1.67. The van der Waals surface area contributed by atoms with Crippen molar-refractivity contribution in [3.63, 3.8) is 0 Å². The van der Waals surface area contributed by atoms with Gasteiger partial charge in [0.15, 0.2) is 0 Å². The molecule has 6 rings (SSSR count). The average molecular weight is 501 g/mol. The lowest BCUT2D eigenvalue weighted by Crippen LogP contribution is -2.40. The number of ether oxygens (including phenoxy) is 1. The number of carbonyl (C=O) groups excluding carboxylic acids is 1. The molecule has 4 aromatic rings. The number of rotatable bonds is 5. The molecule has 0 radical (unpaired) electrons. The number of benzene rings is 1. The van der Waals surface area contributed by atoms with E-state index in [-0.39, 0.29) is 5.91 Å². The van der Waals surface area contributed by atoms with Crippen molar-refractivity contribution in [2.75, 3.05) is 50.5 Å². The van der Waals surface area contributed by atoms with Crippen LogP contribution in [0, 0.1) is 0 Å². The Bertz CT molecular complexity index is 1390. The highest BCUT2D eigenvalue weighted by atomic mass is 32.2. The van der Waals surface area contributed by atoms with E-state index in [0.717, 1.165) is 40.1 Å². The molecule has 9 heteroatoms. The van der Waals surface area contributed by atoms with E-state index in [1.165, 1.54) is 18.5 Å². The van der Waals surface area contributed by atoms with Crippen molar-refractivity contribution in [3.05, 3.63) is 60.7 Å². The van der Waals surface area contributed by atoms with E-state index in [4.69, 9.17) is 14.7 Å². The topological polar surface area (TPSA) is 76.4 Å². The highest BCUT2D eigenvalue weighted by molar-refractivity contribution is 7.98. The summed E-state index contributed by atoms with van der Waals surface area (Å²) in [5.74, 6) is 0.592. The van der Waals surface area contributed by atoms with E-state index in [1.807, 2.05) is 52.5 Å². The minimum atomic E-state index is 0.0267. The summed E-state index contributed by atoms with van der Waals surface area (Å²) in [5.41, 5.74) is 4.52. The molecule has 1 aromatic carbocycles. The van der Waals surface area contributed by atoms with Crippen LogP contribution >= 0.6 is 11.8 Å². The Morgan fingerprint density at radius 1 is 0.972 bits per heavy atom. The lowest BCUT2D eigenvalue weighted by molar-refractivity contribution is 0.0303. The molecule has 0 bridgehead atoms. The first-order valence-corrected chi connectivity index (χ1v) is 13.5. The van der Waals surface area contributed by atoms with Crippen LogP contribution in [0.15, 0.2) is 60.0 Å². The van der Waals surface area contributed by atoms with Gasteiger partial charge in [-0.2, -0.15) is 0 Å². The number of amides is 1. The Morgan fingerprint density at radius 2 is 1.75 bits per heavy atom. The molecule has 0 N–H and O–H groups in total. The van der Waals surface area contributed by atoms with Crippen molar-refractivity contribution in [2.45, 2.75) is 17.7 Å². The lowest BCUT2D eigenvalue weighted by Gasteiger charge is -2.26. The Morgan fingerprint density at radius 3 is 2.50 bits per heavy atom. The van der Waals surface area contributed by atoms with Crippen LogP contribution in [0.5, 0.6) is 0 Å². The zero-order chi connectivity index (χ0) is 24.5. The molecule has 0 unspecified atom stereocenters. The second-order valence-corrected chi connectivity index (χ2v) is 9.92. The van der Waals surface area contributed by atoms with Crippen LogP contribution < -0.4 is 4.90 Å². The minimum Gasteiger partial charge on any atom is -0.378 e. The van der Waals surface area contributed by atoms with E-state index >= 15 is 0 Å². The number of hydrogen-bond acceptors (Lipinski definition) is 7. The standard InChI is InChI=1S/C27H28N6O2S/c1-36-25-18-33(24-14-19(4-5-22(24)25)26(34)32-10-12-35-13-11-32)27-29-16-20(17-30-27)23-15-21(6-7-28-23)31-8-2-3-9-31/h4-7,14-18H,2-3,8-13H2,1H3. The fourth-order valence-electron chi connectivity index (χ4n) is 4.93. The molecule has 8 nitrogen and oxygen atoms in total.